The minimum Gasteiger partial charge on any atom is -0.320 e. The first kappa shape index (κ1) is 11.1. The molecule has 0 aromatic heterocycles. The van der Waals surface area contributed by atoms with Crippen molar-refractivity contribution in [3.63, 3.8) is 0 Å². The van der Waals surface area contributed by atoms with Crippen molar-refractivity contribution in [3.05, 3.63) is 29.3 Å². The van der Waals surface area contributed by atoms with Crippen molar-refractivity contribution >= 4 is 11.6 Å². The van der Waals surface area contributed by atoms with Crippen LogP contribution in [0.4, 0.5) is 5.69 Å². The monoisotopic (exact) mass is 218 g/mol. The number of carbonyl (C=O) groups excluding carboxylic acids is 1. The summed E-state index contributed by atoms with van der Waals surface area (Å²) in [7, 11) is 0. The predicted molar refractivity (Wildman–Crippen MR) is 65.5 cm³/mol. The molecule has 1 aliphatic rings. The number of nitrogens with zero attached hydrogens (tertiary/aromatic N) is 1. The third-order valence-electron chi connectivity index (χ3n) is 3.01. The van der Waals surface area contributed by atoms with E-state index in [1.165, 1.54) is 11.1 Å². The third kappa shape index (κ3) is 1.95. The van der Waals surface area contributed by atoms with Gasteiger partial charge in [0, 0.05) is 12.2 Å². The Kier molecular flexibility index (Phi) is 2.97. The van der Waals surface area contributed by atoms with E-state index in [0.717, 1.165) is 25.1 Å². The number of aryl methyl sites for hydroxylation is 2. The Bertz CT molecular complexity index is 412. The Morgan fingerprint density at radius 3 is 2.94 bits per heavy atom. The first-order valence-electron chi connectivity index (χ1n) is 5.76. The standard InChI is InChI=1S/C13H18N2O/c1-9-5-6-12-11(8-9)4-3-7-15(12)13(16)10(2)14/h5-6,8,10H,3-4,7,14H2,1-2H3/t10-/m0/s1. The number of hydrogen-bond acceptors (Lipinski definition) is 2. The fourth-order valence-corrected chi connectivity index (χ4v) is 2.20. The number of nitrogens with two attached hydrogens (primary N) is 1. The highest BCUT2D eigenvalue weighted by atomic mass is 16.2. The second kappa shape index (κ2) is 4.26. The van der Waals surface area contributed by atoms with Crippen LogP contribution in [0.25, 0.3) is 0 Å². The van der Waals surface area contributed by atoms with Gasteiger partial charge in [0.15, 0.2) is 0 Å². The molecule has 0 radical (unpaired) electrons. The Hall–Kier alpha value is -1.35. The minimum absolute atomic E-state index is 0.0183. The number of carbonyl (C=O) groups is 1. The van der Waals surface area contributed by atoms with Gasteiger partial charge in [-0.05, 0) is 38.3 Å². The van der Waals surface area contributed by atoms with Crippen LogP contribution in [0.3, 0.4) is 0 Å². The molecule has 0 fully saturated rings. The van der Waals surface area contributed by atoms with Crippen LogP contribution < -0.4 is 10.6 Å². The van der Waals surface area contributed by atoms with Gasteiger partial charge in [0.05, 0.1) is 6.04 Å². The molecule has 16 heavy (non-hydrogen) atoms. The van der Waals surface area contributed by atoms with Gasteiger partial charge in [-0.1, -0.05) is 17.7 Å². The first-order valence-corrected chi connectivity index (χ1v) is 5.76. The molecule has 1 aromatic rings. The molecule has 3 heteroatoms. The molecule has 0 unspecified atom stereocenters. The number of amides is 1. The summed E-state index contributed by atoms with van der Waals surface area (Å²) in [6.45, 7) is 4.61. The molecular weight excluding hydrogens is 200 g/mol. The van der Waals surface area contributed by atoms with Crippen molar-refractivity contribution in [2.24, 2.45) is 5.73 Å². The van der Waals surface area contributed by atoms with Crippen LogP contribution >= 0.6 is 0 Å². The highest BCUT2D eigenvalue weighted by Crippen LogP contribution is 2.28. The van der Waals surface area contributed by atoms with Crippen LogP contribution in [-0.2, 0) is 11.2 Å². The maximum atomic E-state index is 11.9. The van der Waals surface area contributed by atoms with Gasteiger partial charge in [-0.3, -0.25) is 4.79 Å². The highest BCUT2D eigenvalue weighted by molar-refractivity contribution is 5.97. The zero-order chi connectivity index (χ0) is 11.7. The largest absolute Gasteiger partial charge is 0.320 e. The van der Waals surface area contributed by atoms with Gasteiger partial charge in [0.25, 0.3) is 0 Å². The summed E-state index contributed by atoms with van der Waals surface area (Å²) >= 11 is 0. The lowest BCUT2D eigenvalue weighted by Crippen LogP contribution is -2.44. The lowest BCUT2D eigenvalue weighted by molar-refractivity contribution is -0.119. The molecule has 2 N–H and O–H groups in total. The van der Waals surface area contributed by atoms with E-state index in [-0.39, 0.29) is 5.91 Å². The molecule has 1 aliphatic heterocycles. The Morgan fingerprint density at radius 2 is 2.25 bits per heavy atom. The van der Waals surface area contributed by atoms with E-state index in [4.69, 9.17) is 5.73 Å². The lowest BCUT2D eigenvalue weighted by atomic mass is 9.99. The molecule has 3 nitrogen and oxygen atoms in total. The SMILES string of the molecule is Cc1ccc2c(c1)CCCN2C(=O)[C@H](C)N. The average Bonchev–Trinajstić information content (AvgIpc) is 2.26. The van der Waals surface area contributed by atoms with Crippen molar-refractivity contribution in [3.8, 4) is 0 Å². The quantitative estimate of drug-likeness (QED) is 0.778. The molecule has 0 saturated carbocycles. The molecule has 0 bridgehead atoms. The summed E-state index contributed by atoms with van der Waals surface area (Å²) in [6.07, 6.45) is 2.08. The fraction of sp³-hybridized carbons (Fsp3) is 0.462. The zero-order valence-corrected chi connectivity index (χ0v) is 9.86. The Morgan fingerprint density at radius 1 is 1.50 bits per heavy atom. The van der Waals surface area contributed by atoms with Gasteiger partial charge in [-0.25, -0.2) is 0 Å². The van der Waals surface area contributed by atoms with E-state index in [0.29, 0.717) is 0 Å². The van der Waals surface area contributed by atoms with Crippen molar-refractivity contribution in [1.82, 2.24) is 0 Å². The summed E-state index contributed by atoms with van der Waals surface area (Å²) in [5.41, 5.74) is 9.21. The third-order valence-corrected chi connectivity index (χ3v) is 3.01. The smallest absolute Gasteiger partial charge is 0.243 e. The Balaban J connectivity index is 2.37. The topological polar surface area (TPSA) is 46.3 Å². The first-order chi connectivity index (χ1) is 7.59. The summed E-state index contributed by atoms with van der Waals surface area (Å²) in [4.78, 5) is 13.8. The molecule has 2 rings (SSSR count). The minimum atomic E-state index is -0.424. The van der Waals surface area contributed by atoms with E-state index in [1.807, 2.05) is 17.0 Å². The van der Waals surface area contributed by atoms with Crippen molar-refractivity contribution in [1.29, 1.82) is 0 Å². The van der Waals surface area contributed by atoms with Gasteiger partial charge < -0.3 is 10.6 Å². The summed E-state index contributed by atoms with van der Waals surface area (Å²) < 4.78 is 0. The molecule has 1 amide bonds. The maximum Gasteiger partial charge on any atom is 0.243 e. The Labute approximate surface area is 96.2 Å². The van der Waals surface area contributed by atoms with E-state index in [9.17, 15) is 4.79 Å². The van der Waals surface area contributed by atoms with Crippen molar-refractivity contribution in [2.45, 2.75) is 32.7 Å². The van der Waals surface area contributed by atoms with Gasteiger partial charge in [-0.2, -0.15) is 0 Å². The van der Waals surface area contributed by atoms with Gasteiger partial charge >= 0.3 is 0 Å². The number of benzene rings is 1. The van der Waals surface area contributed by atoms with E-state index >= 15 is 0 Å². The van der Waals surface area contributed by atoms with Crippen molar-refractivity contribution in [2.75, 3.05) is 11.4 Å². The van der Waals surface area contributed by atoms with Crippen molar-refractivity contribution < 1.29 is 4.79 Å². The predicted octanol–water partition coefficient (Wildman–Crippen LogP) is 1.62. The van der Waals surface area contributed by atoms with Crippen LogP contribution in [0.15, 0.2) is 18.2 Å². The normalized spacial score (nSPS) is 16.8. The fourth-order valence-electron chi connectivity index (χ4n) is 2.20. The van der Waals surface area contributed by atoms with E-state index in [2.05, 4.69) is 13.0 Å². The second-order valence-electron chi connectivity index (χ2n) is 4.51. The number of anilines is 1. The summed E-state index contributed by atoms with van der Waals surface area (Å²) in [6, 6.07) is 5.82. The van der Waals surface area contributed by atoms with Gasteiger partial charge in [0.1, 0.15) is 0 Å². The van der Waals surface area contributed by atoms with Crippen LogP contribution in [-0.4, -0.2) is 18.5 Å². The average molecular weight is 218 g/mol. The molecule has 0 aliphatic carbocycles. The summed E-state index contributed by atoms with van der Waals surface area (Å²) in [5.74, 6) is 0.0183. The van der Waals surface area contributed by atoms with Crippen LogP contribution in [0, 0.1) is 6.92 Å². The molecule has 1 aromatic carbocycles. The molecule has 1 atom stereocenters. The highest BCUT2D eigenvalue weighted by Gasteiger charge is 2.24. The van der Waals surface area contributed by atoms with Crippen LogP contribution in [0.1, 0.15) is 24.5 Å². The number of hydrogen-bond donors (Lipinski definition) is 1. The van der Waals surface area contributed by atoms with Gasteiger partial charge in [0.2, 0.25) is 5.91 Å². The molecule has 0 spiro atoms. The molecule has 0 saturated heterocycles. The molecular formula is C13H18N2O. The number of fused-ring (bicyclic) bond motifs is 1. The maximum absolute atomic E-state index is 11.9. The zero-order valence-electron chi connectivity index (χ0n) is 9.86. The second-order valence-corrected chi connectivity index (χ2v) is 4.51. The molecule has 1 heterocycles. The number of rotatable bonds is 1. The molecule has 86 valence electrons. The lowest BCUT2D eigenvalue weighted by Gasteiger charge is -2.31. The van der Waals surface area contributed by atoms with Crippen LogP contribution in [0.5, 0.6) is 0 Å². The summed E-state index contributed by atoms with van der Waals surface area (Å²) in [5, 5.41) is 0. The van der Waals surface area contributed by atoms with Gasteiger partial charge in [-0.15, -0.1) is 0 Å². The van der Waals surface area contributed by atoms with E-state index < -0.39 is 6.04 Å². The van der Waals surface area contributed by atoms with Crippen LogP contribution in [0.2, 0.25) is 0 Å². The van der Waals surface area contributed by atoms with E-state index in [1.54, 1.807) is 6.92 Å².